The summed E-state index contributed by atoms with van der Waals surface area (Å²) < 4.78 is 34.4. The lowest BCUT2D eigenvalue weighted by Gasteiger charge is -2.32. The fraction of sp³-hybridized carbons (Fsp3) is 0.435. The third-order valence-electron chi connectivity index (χ3n) is 5.70. The van der Waals surface area contributed by atoms with E-state index in [1.165, 1.54) is 24.3 Å². The minimum atomic E-state index is -3.84. The van der Waals surface area contributed by atoms with Gasteiger partial charge in [0.2, 0.25) is 5.91 Å². The number of halogens is 1. The number of rotatable bonds is 7. The first-order valence-electron chi connectivity index (χ1n) is 10.8. The number of nitrogens with one attached hydrogen (secondary N) is 2. The first-order valence-corrected chi connectivity index (χ1v) is 12.6. The van der Waals surface area contributed by atoms with Gasteiger partial charge in [0.1, 0.15) is 11.9 Å². The second kappa shape index (κ2) is 10.7. The normalized spacial score (nSPS) is 20.2. The topological polar surface area (TPSA) is 108 Å². The van der Waals surface area contributed by atoms with Crippen molar-refractivity contribution in [2.24, 2.45) is 5.92 Å². The molecule has 1 aliphatic rings. The van der Waals surface area contributed by atoms with Crippen molar-refractivity contribution in [3.05, 3.63) is 53.1 Å². The van der Waals surface area contributed by atoms with Crippen LogP contribution in [-0.4, -0.2) is 63.2 Å². The molecular formula is C23H30ClN3O5S. The smallest absolute Gasteiger partial charge is 0.261 e. The van der Waals surface area contributed by atoms with E-state index < -0.39 is 10.0 Å². The van der Waals surface area contributed by atoms with Crippen molar-refractivity contribution in [3.63, 3.8) is 0 Å². The Morgan fingerprint density at radius 3 is 2.58 bits per heavy atom. The highest BCUT2D eigenvalue weighted by molar-refractivity contribution is 7.92. The molecular weight excluding hydrogens is 466 g/mol. The number of hydrogen-bond acceptors (Lipinski definition) is 6. The lowest BCUT2D eigenvalue weighted by atomic mass is 10.0. The number of nitrogens with zero attached hydrogens (tertiary/aromatic N) is 1. The van der Waals surface area contributed by atoms with Crippen LogP contribution in [0.1, 0.15) is 19.4 Å². The van der Waals surface area contributed by atoms with E-state index in [1.54, 1.807) is 30.0 Å². The molecule has 0 aromatic heterocycles. The quantitative estimate of drug-likeness (QED) is 0.544. The number of likely N-dealkylation sites (N-methyl/N-ethyl adjacent to an activating group) is 1. The van der Waals surface area contributed by atoms with Gasteiger partial charge in [-0.2, -0.15) is 0 Å². The summed E-state index contributed by atoms with van der Waals surface area (Å²) in [7, 11) is -2.01. The molecule has 10 heteroatoms. The van der Waals surface area contributed by atoms with Crippen molar-refractivity contribution >= 4 is 33.2 Å². The number of anilines is 1. The van der Waals surface area contributed by atoms with Crippen molar-refractivity contribution < 1.29 is 23.1 Å². The highest BCUT2D eigenvalue weighted by Crippen LogP contribution is 2.30. The summed E-state index contributed by atoms with van der Waals surface area (Å²) in [4.78, 5) is 14.9. The van der Waals surface area contributed by atoms with Gasteiger partial charge in [0.15, 0.2) is 0 Å². The second-order valence-electron chi connectivity index (χ2n) is 8.33. The fourth-order valence-electron chi connectivity index (χ4n) is 3.77. The summed E-state index contributed by atoms with van der Waals surface area (Å²) >= 11 is 5.86. The molecule has 180 valence electrons. The number of amides is 1. The van der Waals surface area contributed by atoms with Gasteiger partial charge in [0.25, 0.3) is 10.0 Å². The molecule has 2 aromatic carbocycles. The zero-order valence-corrected chi connectivity index (χ0v) is 20.5. The molecule has 0 saturated heterocycles. The molecule has 0 fully saturated rings. The zero-order valence-electron chi connectivity index (χ0n) is 18.9. The third-order valence-corrected chi connectivity index (χ3v) is 7.35. The average molecular weight is 496 g/mol. The van der Waals surface area contributed by atoms with Crippen LogP contribution in [-0.2, 0) is 21.2 Å². The van der Waals surface area contributed by atoms with Gasteiger partial charge < -0.3 is 20.1 Å². The number of hydrogen-bond donors (Lipinski definition) is 3. The Balaban J connectivity index is 1.95. The predicted octanol–water partition coefficient (Wildman–Crippen LogP) is 2.51. The van der Waals surface area contributed by atoms with Crippen LogP contribution in [0.3, 0.4) is 0 Å². The van der Waals surface area contributed by atoms with Crippen molar-refractivity contribution in [2.45, 2.75) is 37.3 Å². The number of ether oxygens (including phenoxy) is 1. The number of aliphatic hydroxyl groups is 1. The van der Waals surface area contributed by atoms with E-state index in [0.29, 0.717) is 35.1 Å². The molecule has 1 heterocycles. The summed E-state index contributed by atoms with van der Waals surface area (Å²) in [6.45, 7) is 4.67. The Labute approximate surface area is 199 Å². The van der Waals surface area contributed by atoms with E-state index in [0.717, 1.165) is 0 Å². The molecule has 0 unspecified atom stereocenters. The van der Waals surface area contributed by atoms with Crippen LogP contribution in [0.5, 0.6) is 5.75 Å². The Morgan fingerprint density at radius 2 is 1.94 bits per heavy atom. The minimum Gasteiger partial charge on any atom is -0.488 e. The molecule has 3 rings (SSSR count). The number of sulfonamides is 1. The van der Waals surface area contributed by atoms with Crippen LogP contribution in [0, 0.1) is 5.92 Å². The zero-order chi connectivity index (χ0) is 24.2. The first kappa shape index (κ1) is 25.3. The summed E-state index contributed by atoms with van der Waals surface area (Å²) in [5.41, 5.74) is 0.890. The van der Waals surface area contributed by atoms with Crippen molar-refractivity contribution in [2.75, 3.05) is 31.5 Å². The number of aliphatic hydroxyl groups excluding tert-OH is 1. The molecule has 2 aromatic rings. The largest absolute Gasteiger partial charge is 0.488 e. The van der Waals surface area contributed by atoms with Gasteiger partial charge in [0.05, 0.1) is 24.0 Å². The summed E-state index contributed by atoms with van der Waals surface area (Å²) in [6.07, 6.45) is -0.195. The first-order chi connectivity index (χ1) is 15.6. The standard InChI is InChI=1S/C23H30ClN3O5S/c1-15-13-27(16(2)14-28)23(29)11-17-10-19(6-9-21(17)32-22(15)12-25-3)26-33(30,31)20-7-4-18(24)5-8-20/h4-10,15-16,22,25-26,28H,11-14H2,1-3H3/t15-,16-,22+/m0/s1. The molecule has 1 amide bonds. The summed E-state index contributed by atoms with van der Waals surface area (Å²) in [6, 6.07) is 10.4. The summed E-state index contributed by atoms with van der Waals surface area (Å²) in [5.74, 6) is 0.379. The number of carbonyl (C=O) groups is 1. The lowest BCUT2D eigenvalue weighted by Crippen LogP contribution is -2.47. The predicted molar refractivity (Wildman–Crippen MR) is 128 cm³/mol. The Morgan fingerprint density at radius 1 is 1.24 bits per heavy atom. The number of fused-ring (bicyclic) bond motifs is 1. The van der Waals surface area contributed by atoms with E-state index in [-0.39, 0.29) is 41.9 Å². The van der Waals surface area contributed by atoms with Gasteiger partial charge in [-0.25, -0.2) is 8.42 Å². The molecule has 0 spiro atoms. The molecule has 3 atom stereocenters. The maximum absolute atomic E-state index is 13.1. The van der Waals surface area contributed by atoms with Gasteiger partial charge in [0, 0.05) is 35.3 Å². The van der Waals surface area contributed by atoms with E-state index in [1.807, 2.05) is 14.0 Å². The van der Waals surface area contributed by atoms with Gasteiger partial charge in [-0.05, 0) is 56.4 Å². The van der Waals surface area contributed by atoms with Gasteiger partial charge >= 0.3 is 0 Å². The molecule has 1 aliphatic heterocycles. The van der Waals surface area contributed by atoms with Gasteiger partial charge in [-0.15, -0.1) is 0 Å². The van der Waals surface area contributed by atoms with Crippen LogP contribution in [0.4, 0.5) is 5.69 Å². The highest BCUT2D eigenvalue weighted by Gasteiger charge is 2.30. The van der Waals surface area contributed by atoms with E-state index >= 15 is 0 Å². The molecule has 33 heavy (non-hydrogen) atoms. The average Bonchev–Trinajstić information content (AvgIpc) is 2.81. The monoisotopic (exact) mass is 495 g/mol. The Bertz CT molecular complexity index is 1080. The Kier molecular flexibility index (Phi) is 8.23. The van der Waals surface area contributed by atoms with Crippen molar-refractivity contribution in [3.8, 4) is 5.75 Å². The van der Waals surface area contributed by atoms with Gasteiger partial charge in [-0.3, -0.25) is 9.52 Å². The fourth-order valence-corrected chi connectivity index (χ4v) is 4.94. The van der Waals surface area contributed by atoms with Crippen LogP contribution in [0.2, 0.25) is 5.02 Å². The van der Waals surface area contributed by atoms with Crippen LogP contribution < -0.4 is 14.8 Å². The van der Waals surface area contributed by atoms with E-state index in [2.05, 4.69) is 10.0 Å². The van der Waals surface area contributed by atoms with Crippen LogP contribution in [0.25, 0.3) is 0 Å². The SMILES string of the molecule is CNC[C@H]1Oc2ccc(NS(=O)(=O)c3ccc(Cl)cc3)cc2CC(=O)N([C@@H](C)CO)C[C@@H]1C. The van der Waals surface area contributed by atoms with Crippen LogP contribution >= 0.6 is 11.6 Å². The number of carbonyl (C=O) groups excluding carboxylic acids is 1. The third kappa shape index (κ3) is 6.17. The molecule has 0 saturated carbocycles. The molecule has 0 radical (unpaired) electrons. The molecule has 0 aliphatic carbocycles. The van der Waals surface area contributed by atoms with Gasteiger partial charge in [-0.1, -0.05) is 18.5 Å². The maximum Gasteiger partial charge on any atom is 0.261 e. The highest BCUT2D eigenvalue weighted by atomic mass is 35.5. The second-order valence-corrected chi connectivity index (χ2v) is 10.4. The minimum absolute atomic E-state index is 0.00411. The van der Waals surface area contributed by atoms with Crippen molar-refractivity contribution in [1.29, 1.82) is 0 Å². The maximum atomic E-state index is 13.1. The Hall–Kier alpha value is -2.33. The van der Waals surface area contributed by atoms with E-state index in [9.17, 15) is 18.3 Å². The molecule has 8 nitrogen and oxygen atoms in total. The molecule has 0 bridgehead atoms. The lowest BCUT2D eigenvalue weighted by molar-refractivity contribution is -0.134. The van der Waals surface area contributed by atoms with Crippen molar-refractivity contribution in [1.82, 2.24) is 10.2 Å². The van der Waals surface area contributed by atoms with E-state index in [4.69, 9.17) is 16.3 Å². The summed E-state index contributed by atoms with van der Waals surface area (Å²) in [5, 5.41) is 13.2. The number of benzene rings is 2. The van der Waals surface area contributed by atoms with Crippen LogP contribution in [0.15, 0.2) is 47.4 Å². The molecule has 3 N–H and O–H groups in total.